The Balaban J connectivity index is 1.75. The standard InChI is InChI=1S/C19H20FN3/c1-14(21-12-16-8-6-7-11-19(16)20)18-13-22-23(15(18)2)17-9-4-3-5-10-17/h3-11,13-14,21H,12H2,1-2H3/t14-/m0/s1. The van der Waals surface area contributed by atoms with E-state index in [1.54, 1.807) is 12.1 Å². The Bertz CT molecular complexity index is 780. The quantitative estimate of drug-likeness (QED) is 0.766. The fourth-order valence-corrected chi connectivity index (χ4v) is 2.69. The first-order valence-electron chi connectivity index (χ1n) is 7.73. The molecule has 3 aromatic rings. The number of aromatic nitrogens is 2. The molecule has 3 nitrogen and oxygen atoms in total. The number of nitrogens with zero attached hydrogens (tertiary/aromatic N) is 2. The fraction of sp³-hybridized carbons (Fsp3) is 0.211. The molecule has 0 saturated carbocycles. The van der Waals surface area contributed by atoms with Crippen LogP contribution in [0, 0.1) is 12.7 Å². The minimum absolute atomic E-state index is 0.0899. The summed E-state index contributed by atoms with van der Waals surface area (Å²) in [5.41, 5.74) is 3.92. The summed E-state index contributed by atoms with van der Waals surface area (Å²) in [4.78, 5) is 0. The SMILES string of the molecule is Cc1c([C@H](C)NCc2ccccc2F)cnn1-c1ccccc1. The highest BCUT2D eigenvalue weighted by Crippen LogP contribution is 2.20. The smallest absolute Gasteiger partial charge is 0.127 e. The number of rotatable bonds is 5. The van der Waals surface area contributed by atoms with E-state index in [4.69, 9.17) is 0 Å². The fourth-order valence-electron chi connectivity index (χ4n) is 2.69. The maximum Gasteiger partial charge on any atom is 0.127 e. The molecule has 0 radical (unpaired) electrons. The molecule has 1 N–H and O–H groups in total. The van der Waals surface area contributed by atoms with E-state index >= 15 is 0 Å². The Hall–Kier alpha value is -2.46. The second kappa shape index (κ2) is 6.75. The van der Waals surface area contributed by atoms with Gasteiger partial charge in [-0.2, -0.15) is 5.10 Å². The molecule has 0 aliphatic carbocycles. The van der Waals surface area contributed by atoms with Crippen LogP contribution in [0.4, 0.5) is 4.39 Å². The second-order valence-corrected chi connectivity index (χ2v) is 5.63. The van der Waals surface area contributed by atoms with Crippen molar-refractivity contribution in [3.05, 3.63) is 83.4 Å². The Morgan fingerprint density at radius 2 is 1.78 bits per heavy atom. The molecule has 0 aliphatic rings. The summed E-state index contributed by atoms with van der Waals surface area (Å²) in [5.74, 6) is -0.177. The molecule has 4 heteroatoms. The molecule has 1 aromatic heterocycles. The largest absolute Gasteiger partial charge is 0.306 e. The predicted molar refractivity (Wildman–Crippen MR) is 90.0 cm³/mol. The summed E-state index contributed by atoms with van der Waals surface area (Å²) in [7, 11) is 0. The van der Waals surface area contributed by atoms with Crippen molar-refractivity contribution in [1.82, 2.24) is 15.1 Å². The van der Waals surface area contributed by atoms with Crippen molar-refractivity contribution in [3.63, 3.8) is 0 Å². The Kier molecular flexibility index (Phi) is 4.53. The third kappa shape index (κ3) is 3.32. The molecule has 2 aromatic carbocycles. The number of hydrogen-bond donors (Lipinski definition) is 1. The molecule has 118 valence electrons. The summed E-state index contributed by atoms with van der Waals surface area (Å²) < 4.78 is 15.6. The Labute approximate surface area is 135 Å². The van der Waals surface area contributed by atoms with Crippen LogP contribution in [-0.4, -0.2) is 9.78 Å². The van der Waals surface area contributed by atoms with Gasteiger partial charge in [-0.25, -0.2) is 9.07 Å². The van der Waals surface area contributed by atoms with Gasteiger partial charge in [0.25, 0.3) is 0 Å². The summed E-state index contributed by atoms with van der Waals surface area (Å²) in [6, 6.07) is 17.0. The highest BCUT2D eigenvalue weighted by molar-refractivity contribution is 5.35. The molecular formula is C19H20FN3. The van der Waals surface area contributed by atoms with E-state index in [1.165, 1.54) is 6.07 Å². The van der Waals surface area contributed by atoms with Crippen LogP contribution < -0.4 is 5.32 Å². The van der Waals surface area contributed by atoms with E-state index < -0.39 is 0 Å². The van der Waals surface area contributed by atoms with Crippen LogP contribution in [-0.2, 0) is 6.54 Å². The van der Waals surface area contributed by atoms with Crippen LogP contribution in [0.15, 0.2) is 60.8 Å². The third-order valence-corrected chi connectivity index (χ3v) is 4.07. The first-order valence-corrected chi connectivity index (χ1v) is 7.73. The Morgan fingerprint density at radius 3 is 2.52 bits per heavy atom. The van der Waals surface area contributed by atoms with Gasteiger partial charge in [-0.3, -0.25) is 0 Å². The topological polar surface area (TPSA) is 29.9 Å². The minimum Gasteiger partial charge on any atom is -0.306 e. The lowest BCUT2D eigenvalue weighted by Crippen LogP contribution is -2.19. The van der Waals surface area contributed by atoms with Gasteiger partial charge < -0.3 is 5.32 Å². The number of benzene rings is 2. The summed E-state index contributed by atoms with van der Waals surface area (Å²) in [6.07, 6.45) is 1.88. The van der Waals surface area contributed by atoms with E-state index in [0.29, 0.717) is 12.1 Å². The lowest BCUT2D eigenvalue weighted by atomic mass is 10.1. The maximum absolute atomic E-state index is 13.7. The molecule has 1 heterocycles. The van der Waals surface area contributed by atoms with Crippen molar-refractivity contribution in [2.45, 2.75) is 26.4 Å². The molecule has 0 unspecified atom stereocenters. The maximum atomic E-state index is 13.7. The second-order valence-electron chi connectivity index (χ2n) is 5.63. The van der Waals surface area contributed by atoms with Crippen LogP contribution in [0.2, 0.25) is 0 Å². The lowest BCUT2D eigenvalue weighted by molar-refractivity contribution is 0.542. The normalized spacial score (nSPS) is 12.3. The van der Waals surface area contributed by atoms with Gasteiger partial charge in [-0.1, -0.05) is 36.4 Å². The van der Waals surface area contributed by atoms with Crippen LogP contribution in [0.5, 0.6) is 0 Å². The lowest BCUT2D eigenvalue weighted by Gasteiger charge is -2.14. The average Bonchev–Trinajstić information content (AvgIpc) is 2.96. The molecule has 0 saturated heterocycles. The van der Waals surface area contributed by atoms with Gasteiger partial charge in [-0.05, 0) is 32.0 Å². The number of hydrogen-bond acceptors (Lipinski definition) is 2. The van der Waals surface area contributed by atoms with Crippen molar-refractivity contribution in [3.8, 4) is 5.69 Å². The van der Waals surface area contributed by atoms with E-state index in [-0.39, 0.29) is 11.9 Å². The van der Waals surface area contributed by atoms with Crippen LogP contribution in [0.3, 0.4) is 0 Å². The Morgan fingerprint density at radius 1 is 1.09 bits per heavy atom. The van der Waals surface area contributed by atoms with Crippen molar-refractivity contribution in [2.24, 2.45) is 0 Å². The van der Waals surface area contributed by atoms with Crippen molar-refractivity contribution >= 4 is 0 Å². The number of halogens is 1. The zero-order chi connectivity index (χ0) is 16.2. The summed E-state index contributed by atoms with van der Waals surface area (Å²) in [5, 5.41) is 7.85. The highest BCUT2D eigenvalue weighted by atomic mass is 19.1. The van der Waals surface area contributed by atoms with Gasteiger partial charge >= 0.3 is 0 Å². The van der Waals surface area contributed by atoms with E-state index in [0.717, 1.165) is 16.9 Å². The van der Waals surface area contributed by atoms with Gasteiger partial charge in [0, 0.05) is 29.4 Å². The van der Waals surface area contributed by atoms with Gasteiger partial charge in [0.2, 0.25) is 0 Å². The van der Waals surface area contributed by atoms with Gasteiger partial charge in [-0.15, -0.1) is 0 Å². The molecule has 0 bridgehead atoms. The summed E-state index contributed by atoms with van der Waals surface area (Å²) in [6.45, 7) is 4.61. The molecule has 1 atom stereocenters. The van der Waals surface area contributed by atoms with Gasteiger partial charge in [0.15, 0.2) is 0 Å². The van der Waals surface area contributed by atoms with Crippen LogP contribution >= 0.6 is 0 Å². The molecule has 23 heavy (non-hydrogen) atoms. The zero-order valence-electron chi connectivity index (χ0n) is 13.3. The van der Waals surface area contributed by atoms with Gasteiger partial charge in [0.1, 0.15) is 5.82 Å². The molecule has 0 amide bonds. The molecule has 0 fully saturated rings. The molecule has 0 aliphatic heterocycles. The highest BCUT2D eigenvalue weighted by Gasteiger charge is 2.14. The first kappa shape index (κ1) is 15.4. The average molecular weight is 309 g/mol. The van der Waals surface area contributed by atoms with Crippen LogP contribution in [0.25, 0.3) is 5.69 Å². The van der Waals surface area contributed by atoms with Gasteiger partial charge in [0.05, 0.1) is 11.9 Å². The monoisotopic (exact) mass is 309 g/mol. The number of nitrogens with one attached hydrogen (secondary N) is 1. The molecule has 3 rings (SSSR count). The predicted octanol–water partition coefficient (Wildman–Crippen LogP) is 4.17. The third-order valence-electron chi connectivity index (χ3n) is 4.07. The molecular weight excluding hydrogens is 289 g/mol. The molecule has 0 spiro atoms. The van der Waals surface area contributed by atoms with Crippen molar-refractivity contribution < 1.29 is 4.39 Å². The van der Waals surface area contributed by atoms with Crippen LogP contribution in [0.1, 0.15) is 29.8 Å². The zero-order valence-corrected chi connectivity index (χ0v) is 13.3. The number of para-hydroxylation sites is 1. The minimum atomic E-state index is -0.177. The summed E-state index contributed by atoms with van der Waals surface area (Å²) >= 11 is 0. The van der Waals surface area contributed by atoms with Crippen molar-refractivity contribution in [2.75, 3.05) is 0 Å². The van der Waals surface area contributed by atoms with Crippen molar-refractivity contribution in [1.29, 1.82) is 0 Å². The van der Waals surface area contributed by atoms with E-state index in [9.17, 15) is 4.39 Å². The van der Waals surface area contributed by atoms with E-state index in [1.807, 2.05) is 47.3 Å². The first-order chi connectivity index (χ1) is 11.2. The van der Waals surface area contributed by atoms with E-state index in [2.05, 4.69) is 24.3 Å².